The molecule has 2 aliphatic heterocycles. The van der Waals surface area contributed by atoms with Crippen LogP contribution in [0.25, 0.3) is 0 Å². The van der Waals surface area contributed by atoms with Crippen LogP contribution in [0.3, 0.4) is 0 Å². The maximum Gasteiger partial charge on any atom is 0.220 e. The van der Waals surface area contributed by atoms with Crippen molar-refractivity contribution < 1.29 is 64.6 Å². The second kappa shape index (κ2) is 71.1. The van der Waals surface area contributed by atoms with E-state index in [1.165, 1.54) is 250 Å². The van der Waals surface area contributed by atoms with E-state index in [4.69, 9.17) is 18.9 Å². The lowest BCUT2D eigenvalue weighted by Gasteiger charge is -2.46. The van der Waals surface area contributed by atoms with Crippen LogP contribution < -0.4 is 5.32 Å². The zero-order valence-corrected chi connectivity index (χ0v) is 65.3. The lowest BCUT2D eigenvalue weighted by molar-refractivity contribution is -0.359. The molecule has 2 rings (SSSR count). The second-order valence-corrected chi connectivity index (χ2v) is 29.9. The molecule has 0 spiro atoms. The first-order valence-corrected chi connectivity index (χ1v) is 42.8. The number of carbonyl (C=O) groups is 1. The molecule has 2 saturated heterocycles. The van der Waals surface area contributed by atoms with Crippen molar-refractivity contribution in [2.24, 2.45) is 0 Å². The first-order chi connectivity index (χ1) is 50.1. The number of nitrogens with one attached hydrogen (secondary N) is 1. The van der Waals surface area contributed by atoms with Crippen molar-refractivity contribution in [3.63, 3.8) is 0 Å². The minimum Gasteiger partial charge on any atom is -0.394 e. The van der Waals surface area contributed by atoms with Gasteiger partial charge in [-0.1, -0.05) is 381 Å². The summed E-state index contributed by atoms with van der Waals surface area (Å²) in [6.07, 6.45) is 83.5. The molecule has 102 heavy (non-hydrogen) atoms. The summed E-state index contributed by atoms with van der Waals surface area (Å²) in [6, 6.07) is -0.834. The Morgan fingerprint density at radius 2 is 0.676 bits per heavy atom. The Morgan fingerprint density at radius 3 is 1.04 bits per heavy atom. The van der Waals surface area contributed by atoms with E-state index in [0.717, 1.165) is 96.3 Å². The molecule has 2 aliphatic rings. The number of allylic oxidation sites excluding steroid dienone is 14. The molecule has 2 heterocycles. The van der Waals surface area contributed by atoms with E-state index in [-0.39, 0.29) is 12.5 Å². The molecule has 0 aliphatic carbocycles. The highest BCUT2D eigenvalue weighted by atomic mass is 16.7. The van der Waals surface area contributed by atoms with Gasteiger partial charge in [-0.15, -0.1) is 0 Å². The maximum atomic E-state index is 13.4. The van der Waals surface area contributed by atoms with Crippen LogP contribution in [0.4, 0.5) is 0 Å². The molecular weight excluding hydrogens is 1280 g/mol. The Kier molecular flexibility index (Phi) is 66.4. The van der Waals surface area contributed by atoms with Crippen LogP contribution in [0.5, 0.6) is 0 Å². The number of hydrogen-bond acceptors (Lipinski definition) is 13. The van der Waals surface area contributed by atoms with E-state index < -0.39 is 86.8 Å². The van der Waals surface area contributed by atoms with Gasteiger partial charge < -0.3 is 65.1 Å². The lowest BCUT2D eigenvalue weighted by atomic mass is 9.97. The van der Waals surface area contributed by atoms with Crippen molar-refractivity contribution in [2.75, 3.05) is 19.8 Å². The first-order valence-electron chi connectivity index (χ1n) is 42.8. The SMILES string of the molecule is CC/C=C\C/C=C\C/C=C\C/C=C\C/C=C\C/C=C\C/C=C\CCCCCCCCCCCCCCCCCCCC(=O)NC(COC1OC(CO)C(OC2OC(CO)C(O)C(O)C2O)C(O)C1O)C(O)CCCCCCCCCCCCCCCCCCCCCCCCCCCCCCC. The molecule has 1 amide bonds. The zero-order valence-electron chi connectivity index (χ0n) is 65.3. The third-order valence-corrected chi connectivity index (χ3v) is 20.6. The number of carbonyl (C=O) groups excluding carboxylic acids is 1. The van der Waals surface area contributed by atoms with Gasteiger partial charge >= 0.3 is 0 Å². The molecule has 0 aromatic heterocycles. The van der Waals surface area contributed by atoms with Crippen LogP contribution >= 0.6 is 0 Å². The number of amides is 1. The minimum atomic E-state index is -1.79. The topological polar surface area (TPSA) is 228 Å². The molecule has 0 aromatic carbocycles. The Morgan fingerprint density at radius 1 is 0.363 bits per heavy atom. The Bertz CT molecular complexity index is 2040. The molecule has 9 N–H and O–H groups in total. The summed E-state index contributed by atoms with van der Waals surface area (Å²) >= 11 is 0. The van der Waals surface area contributed by atoms with E-state index in [2.05, 4.69) is 104 Å². The molecule has 0 bridgehead atoms. The summed E-state index contributed by atoms with van der Waals surface area (Å²) in [5.74, 6) is -0.202. The Hall–Kier alpha value is -2.83. The van der Waals surface area contributed by atoms with Gasteiger partial charge in [-0.25, -0.2) is 0 Å². The average molecular weight is 1440 g/mol. The highest BCUT2D eigenvalue weighted by molar-refractivity contribution is 5.76. The summed E-state index contributed by atoms with van der Waals surface area (Å²) in [7, 11) is 0. The van der Waals surface area contributed by atoms with Gasteiger partial charge in [0.15, 0.2) is 12.6 Å². The molecule has 0 radical (unpaired) electrons. The second-order valence-electron chi connectivity index (χ2n) is 29.9. The van der Waals surface area contributed by atoms with E-state index in [1.807, 2.05) is 0 Å². The third-order valence-electron chi connectivity index (χ3n) is 20.6. The average Bonchev–Trinajstić information content (AvgIpc) is 0.790. The third kappa shape index (κ3) is 53.0. The predicted octanol–water partition coefficient (Wildman–Crippen LogP) is 20.3. The molecule has 14 heteroatoms. The Labute approximate surface area is 624 Å². The Balaban J connectivity index is 1.58. The van der Waals surface area contributed by atoms with Gasteiger partial charge in [-0.05, 0) is 70.6 Å². The smallest absolute Gasteiger partial charge is 0.220 e. The standard InChI is InChI=1S/C88H159NO13/c1-3-5-7-9-11-13-15-17-19-21-23-25-27-29-31-33-34-35-36-37-38-39-40-41-42-44-46-48-50-52-54-56-58-60-62-64-66-68-70-72-80(93)89-76(75-99-87-85(98)83(96)86(79(74-91)101-87)102-88-84(97)82(95)81(94)78(73-90)100-88)77(92)71-69-67-65-63-61-59-57-55-53-51-49-47-45-43-32-30-28-26-24-22-20-18-16-14-12-10-8-6-4-2/h5,7,11,13,17,19,23,25,29,31,34-35,37-38,76-79,81-88,90-92,94-98H,3-4,6,8-10,12,14-16,18,20-22,24,26-28,30,32-33,36,39-75H2,1-2H3,(H,89,93)/b7-5-,13-11-,19-17-,25-23-,31-29-,35-34-,38-37-. The van der Waals surface area contributed by atoms with Crippen LogP contribution in [0, 0.1) is 0 Å². The number of rotatable bonds is 72. The van der Waals surface area contributed by atoms with Crippen molar-refractivity contribution in [3.05, 3.63) is 85.1 Å². The van der Waals surface area contributed by atoms with Crippen LogP contribution in [-0.2, 0) is 23.7 Å². The number of hydrogen-bond donors (Lipinski definition) is 9. The molecule has 0 aromatic rings. The maximum absolute atomic E-state index is 13.4. The first kappa shape index (κ1) is 95.2. The summed E-state index contributed by atoms with van der Waals surface area (Å²) in [5, 5.41) is 88.0. The van der Waals surface area contributed by atoms with Crippen LogP contribution in [-0.4, -0.2) is 140 Å². The van der Waals surface area contributed by atoms with Crippen LogP contribution in [0.15, 0.2) is 85.1 Å². The monoisotopic (exact) mass is 1440 g/mol. The largest absolute Gasteiger partial charge is 0.394 e. The van der Waals surface area contributed by atoms with Gasteiger partial charge in [0.2, 0.25) is 5.91 Å². The fourth-order valence-electron chi connectivity index (χ4n) is 13.9. The van der Waals surface area contributed by atoms with Crippen LogP contribution in [0.2, 0.25) is 0 Å². The van der Waals surface area contributed by atoms with Crippen molar-refractivity contribution in [1.82, 2.24) is 5.32 Å². The zero-order chi connectivity index (χ0) is 73.7. The quantitative estimate of drug-likeness (QED) is 0.0204. The van der Waals surface area contributed by atoms with Crippen molar-refractivity contribution in [3.8, 4) is 0 Å². The number of aliphatic hydroxyl groups excluding tert-OH is 8. The van der Waals surface area contributed by atoms with Gasteiger partial charge in [-0.3, -0.25) is 4.79 Å². The number of unbranched alkanes of at least 4 members (excludes halogenated alkanes) is 45. The van der Waals surface area contributed by atoms with Crippen molar-refractivity contribution >= 4 is 5.91 Å². The fourth-order valence-corrected chi connectivity index (χ4v) is 13.9. The predicted molar refractivity (Wildman–Crippen MR) is 424 cm³/mol. The van der Waals surface area contributed by atoms with Gasteiger partial charge in [-0.2, -0.15) is 0 Å². The fraction of sp³-hybridized carbons (Fsp3) is 0.830. The summed E-state index contributed by atoms with van der Waals surface area (Å²) in [5.41, 5.74) is 0. The van der Waals surface area contributed by atoms with Gasteiger partial charge in [0, 0.05) is 6.42 Å². The highest BCUT2D eigenvalue weighted by Gasteiger charge is 2.51. The van der Waals surface area contributed by atoms with Gasteiger partial charge in [0.1, 0.15) is 48.8 Å². The number of aliphatic hydroxyl groups is 8. The molecule has 12 unspecified atom stereocenters. The summed E-state index contributed by atoms with van der Waals surface area (Å²) < 4.78 is 23.0. The van der Waals surface area contributed by atoms with E-state index in [9.17, 15) is 45.6 Å². The minimum absolute atomic E-state index is 0.202. The van der Waals surface area contributed by atoms with Crippen LogP contribution in [0.1, 0.15) is 373 Å². The van der Waals surface area contributed by atoms with E-state index >= 15 is 0 Å². The van der Waals surface area contributed by atoms with Crippen molar-refractivity contribution in [1.29, 1.82) is 0 Å². The molecular formula is C88H159NO13. The number of ether oxygens (including phenoxy) is 4. The van der Waals surface area contributed by atoms with Gasteiger partial charge in [0.25, 0.3) is 0 Å². The van der Waals surface area contributed by atoms with Crippen molar-refractivity contribution in [2.45, 2.75) is 447 Å². The normalized spacial score (nSPS) is 22.1. The van der Waals surface area contributed by atoms with E-state index in [0.29, 0.717) is 12.8 Å². The highest BCUT2D eigenvalue weighted by Crippen LogP contribution is 2.31. The summed E-state index contributed by atoms with van der Waals surface area (Å²) in [4.78, 5) is 13.4. The summed E-state index contributed by atoms with van der Waals surface area (Å²) in [6.45, 7) is 2.80. The molecule has 12 atom stereocenters. The molecule has 2 fully saturated rings. The van der Waals surface area contributed by atoms with E-state index in [1.54, 1.807) is 0 Å². The molecule has 14 nitrogen and oxygen atoms in total. The molecule has 594 valence electrons. The molecule has 0 saturated carbocycles. The van der Waals surface area contributed by atoms with Gasteiger partial charge in [0.05, 0.1) is 32.0 Å². The lowest BCUT2D eigenvalue weighted by Crippen LogP contribution is -2.65.